The minimum absolute atomic E-state index is 0.132. The summed E-state index contributed by atoms with van der Waals surface area (Å²) in [7, 11) is 1.63. The van der Waals surface area contributed by atoms with Gasteiger partial charge >= 0.3 is 0 Å². The molecule has 1 aliphatic carbocycles. The molecule has 1 aliphatic rings. The first-order chi connectivity index (χ1) is 9.74. The van der Waals surface area contributed by atoms with Crippen molar-refractivity contribution in [2.45, 2.75) is 43.4 Å². The Labute approximate surface area is 130 Å². The molecule has 3 N–H and O–H groups in total. The molecule has 1 aromatic rings. The number of hydrogen-bond acceptors (Lipinski definition) is 4. The van der Waals surface area contributed by atoms with E-state index in [9.17, 15) is 0 Å². The normalized spacial score (nSPS) is 17.9. The first kappa shape index (κ1) is 16.0. The summed E-state index contributed by atoms with van der Waals surface area (Å²) in [4.78, 5) is 0. The van der Waals surface area contributed by atoms with Gasteiger partial charge in [-0.1, -0.05) is 36.9 Å². The fraction of sp³-hybridized carbons (Fsp3) is 0.600. The summed E-state index contributed by atoms with van der Waals surface area (Å²) < 4.78 is 5.27. The molecule has 1 unspecified atom stereocenters. The zero-order valence-corrected chi connectivity index (χ0v) is 13.5. The standard InChI is InChI=1S/C15H23ClN2OS/c1-19-15-9-11(7-8-13(15)16)14(18-17)10-20-12-5-3-2-4-6-12/h7-9,12,14,18H,2-6,10,17H2,1H3. The van der Waals surface area contributed by atoms with Crippen LogP contribution in [-0.4, -0.2) is 18.1 Å². The lowest BCUT2D eigenvalue weighted by Crippen LogP contribution is -2.30. The van der Waals surface area contributed by atoms with Gasteiger partial charge in [0.25, 0.3) is 0 Å². The fourth-order valence-electron chi connectivity index (χ4n) is 2.60. The topological polar surface area (TPSA) is 47.3 Å². The van der Waals surface area contributed by atoms with E-state index in [-0.39, 0.29) is 6.04 Å². The van der Waals surface area contributed by atoms with Crippen molar-refractivity contribution in [1.29, 1.82) is 0 Å². The van der Waals surface area contributed by atoms with Gasteiger partial charge in [0, 0.05) is 11.0 Å². The monoisotopic (exact) mass is 314 g/mol. The van der Waals surface area contributed by atoms with Gasteiger partial charge in [-0.25, -0.2) is 0 Å². The van der Waals surface area contributed by atoms with Crippen LogP contribution in [0.1, 0.15) is 43.7 Å². The molecule has 0 aromatic heterocycles. The molecular formula is C15H23ClN2OS. The van der Waals surface area contributed by atoms with Gasteiger partial charge in [0.05, 0.1) is 18.2 Å². The van der Waals surface area contributed by atoms with E-state index in [1.54, 1.807) is 7.11 Å². The molecule has 3 nitrogen and oxygen atoms in total. The molecule has 0 heterocycles. The lowest BCUT2D eigenvalue weighted by molar-refractivity contribution is 0.413. The summed E-state index contributed by atoms with van der Waals surface area (Å²) in [5.74, 6) is 7.39. The molecule has 0 aliphatic heterocycles. The van der Waals surface area contributed by atoms with Crippen LogP contribution in [0.25, 0.3) is 0 Å². The van der Waals surface area contributed by atoms with Crippen molar-refractivity contribution < 1.29 is 4.74 Å². The second-order valence-electron chi connectivity index (χ2n) is 5.21. The van der Waals surface area contributed by atoms with Gasteiger partial charge in [-0.2, -0.15) is 11.8 Å². The molecule has 0 radical (unpaired) electrons. The van der Waals surface area contributed by atoms with Gasteiger partial charge in [0.1, 0.15) is 5.75 Å². The number of ether oxygens (including phenoxy) is 1. The Kier molecular flexibility index (Phi) is 6.49. The summed E-state index contributed by atoms with van der Waals surface area (Å²) in [6.45, 7) is 0. The van der Waals surface area contributed by atoms with Crippen molar-refractivity contribution in [3.8, 4) is 5.75 Å². The Bertz CT molecular complexity index is 424. The van der Waals surface area contributed by atoms with Crippen LogP contribution in [0.4, 0.5) is 0 Å². The summed E-state index contributed by atoms with van der Waals surface area (Å²) >= 11 is 8.09. The Morgan fingerprint density at radius 2 is 2.15 bits per heavy atom. The highest BCUT2D eigenvalue weighted by molar-refractivity contribution is 7.99. The molecule has 0 amide bonds. The highest BCUT2D eigenvalue weighted by Crippen LogP contribution is 2.33. The summed E-state index contributed by atoms with van der Waals surface area (Å²) in [5.41, 5.74) is 4.03. The number of methoxy groups -OCH3 is 1. The van der Waals surface area contributed by atoms with Gasteiger partial charge < -0.3 is 4.74 Å². The number of nitrogens with two attached hydrogens (primary N) is 1. The smallest absolute Gasteiger partial charge is 0.137 e. The number of thioether (sulfide) groups is 1. The van der Waals surface area contributed by atoms with Crippen LogP contribution in [0, 0.1) is 0 Å². The van der Waals surface area contributed by atoms with E-state index in [0.717, 1.165) is 16.6 Å². The molecule has 1 saturated carbocycles. The van der Waals surface area contributed by atoms with E-state index < -0.39 is 0 Å². The molecule has 2 rings (SSSR count). The Balaban J connectivity index is 1.96. The number of halogens is 1. The predicted octanol–water partition coefficient (Wildman–Crippen LogP) is 3.92. The van der Waals surface area contributed by atoms with E-state index >= 15 is 0 Å². The third-order valence-electron chi connectivity index (χ3n) is 3.83. The minimum Gasteiger partial charge on any atom is -0.495 e. The maximum Gasteiger partial charge on any atom is 0.137 e. The minimum atomic E-state index is 0.132. The van der Waals surface area contributed by atoms with E-state index in [1.807, 2.05) is 30.0 Å². The molecule has 1 fully saturated rings. The number of nitrogens with one attached hydrogen (secondary N) is 1. The van der Waals surface area contributed by atoms with Crippen LogP contribution >= 0.6 is 23.4 Å². The molecule has 20 heavy (non-hydrogen) atoms. The fourth-order valence-corrected chi connectivity index (χ4v) is 4.21. The molecule has 1 atom stereocenters. The van der Waals surface area contributed by atoms with Gasteiger partial charge in [-0.15, -0.1) is 0 Å². The third-order valence-corrected chi connectivity index (χ3v) is 5.61. The van der Waals surface area contributed by atoms with Crippen molar-refractivity contribution in [3.63, 3.8) is 0 Å². The molecule has 1 aromatic carbocycles. The van der Waals surface area contributed by atoms with Crippen molar-refractivity contribution in [2.24, 2.45) is 5.84 Å². The number of rotatable bonds is 6. The Hall–Kier alpha value is -0.420. The first-order valence-electron chi connectivity index (χ1n) is 7.15. The third kappa shape index (κ3) is 4.29. The van der Waals surface area contributed by atoms with Crippen molar-refractivity contribution in [2.75, 3.05) is 12.9 Å². The lowest BCUT2D eigenvalue weighted by Gasteiger charge is -2.24. The second kappa shape index (κ2) is 8.13. The van der Waals surface area contributed by atoms with Crippen LogP contribution in [-0.2, 0) is 0 Å². The van der Waals surface area contributed by atoms with Gasteiger partial charge in [-0.05, 0) is 30.5 Å². The van der Waals surface area contributed by atoms with Crippen molar-refractivity contribution >= 4 is 23.4 Å². The second-order valence-corrected chi connectivity index (χ2v) is 6.95. The van der Waals surface area contributed by atoms with Gasteiger partial charge in [0.15, 0.2) is 0 Å². The first-order valence-corrected chi connectivity index (χ1v) is 8.58. The zero-order chi connectivity index (χ0) is 14.4. The van der Waals surface area contributed by atoms with Gasteiger partial charge in [-0.3, -0.25) is 11.3 Å². The predicted molar refractivity (Wildman–Crippen MR) is 87.4 cm³/mol. The highest BCUT2D eigenvalue weighted by Gasteiger charge is 2.18. The highest BCUT2D eigenvalue weighted by atomic mass is 35.5. The van der Waals surface area contributed by atoms with Crippen molar-refractivity contribution in [3.05, 3.63) is 28.8 Å². The van der Waals surface area contributed by atoms with Crippen LogP contribution in [0.15, 0.2) is 18.2 Å². The lowest BCUT2D eigenvalue weighted by atomic mass is 10.0. The van der Waals surface area contributed by atoms with E-state index in [0.29, 0.717) is 10.8 Å². The number of hydrazine groups is 1. The van der Waals surface area contributed by atoms with Crippen LogP contribution < -0.4 is 16.0 Å². The molecule has 112 valence electrons. The molecule has 0 bridgehead atoms. The summed E-state index contributed by atoms with van der Waals surface area (Å²) in [6, 6.07) is 5.98. The van der Waals surface area contributed by atoms with E-state index in [4.69, 9.17) is 22.2 Å². The largest absolute Gasteiger partial charge is 0.495 e. The van der Waals surface area contributed by atoms with Gasteiger partial charge in [0.2, 0.25) is 0 Å². The van der Waals surface area contributed by atoms with Crippen LogP contribution in [0.3, 0.4) is 0 Å². The number of benzene rings is 1. The molecule has 0 saturated heterocycles. The summed E-state index contributed by atoms with van der Waals surface area (Å²) in [5, 5.41) is 1.42. The Morgan fingerprint density at radius 3 is 2.80 bits per heavy atom. The molecule has 5 heteroatoms. The summed E-state index contributed by atoms with van der Waals surface area (Å²) in [6.07, 6.45) is 6.81. The zero-order valence-electron chi connectivity index (χ0n) is 11.9. The average molecular weight is 315 g/mol. The average Bonchev–Trinajstić information content (AvgIpc) is 2.50. The maximum atomic E-state index is 6.06. The van der Waals surface area contributed by atoms with Crippen LogP contribution in [0.5, 0.6) is 5.75 Å². The number of hydrogen-bond donors (Lipinski definition) is 2. The molecule has 0 spiro atoms. The van der Waals surface area contributed by atoms with E-state index in [1.165, 1.54) is 32.1 Å². The maximum absolute atomic E-state index is 6.06. The Morgan fingerprint density at radius 1 is 1.40 bits per heavy atom. The van der Waals surface area contributed by atoms with E-state index in [2.05, 4.69) is 5.43 Å². The van der Waals surface area contributed by atoms with Crippen LogP contribution in [0.2, 0.25) is 5.02 Å². The van der Waals surface area contributed by atoms with Crippen molar-refractivity contribution in [1.82, 2.24) is 5.43 Å². The SMILES string of the molecule is COc1cc(C(CSC2CCCCC2)NN)ccc1Cl. The molecular weight excluding hydrogens is 292 g/mol. The quantitative estimate of drug-likeness (QED) is 0.617.